The molecule has 1 saturated carbocycles. The quantitative estimate of drug-likeness (QED) is 0.885. The van der Waals surface area contributed by atoms with Gasteiger partial charge in [-0.2, -0.15) is 0 Å². The summed E-state index contributed by atoms with van der Waals surface area (Å²) in [7, 11) is 0. The van der Waals surface area contributed by atoms with Crippen molar-refractivity contribution < 1.29 is 13.9 Å². The summed E-state index contributed by atoms with van der Waals surface area (Å²) in [5.41, 5.74) is 5.84. The van der Waals surface area contributed by atoms with Crippen LogP contribution in [0.2, 0.25) is 0 Å². The van der Waals surface area contributed by atoms with Crippen molar-refractivity contribution in [3.63, 3.8) is 0 Å². The Morgan fingerprint density at radius 1 is 1.63 bits per heavy atom. The van der Waals surface area contributed by atoms with Gasteiger partial charge in [0.2, 0.25) is 0 Å². The number of hydrogen-bond acceptors (Lipinski definition) is 3. The highest BCUT2D eigenvalue weighted by Gasteiger charge is 2.40. The average Bonchev–Trinajstić information content (AvgIpc) is 2.38. The fraction of sp³-hybridized carbons (Fsp3) is 0.462. The molecule has 0 bridgehead atoms. The molecule has 0 aliphatic heterocycles. The van der Waals surface area contributed by atoms with Crippen molar-refractivity contribution in [1.29, 1.82) is 0 Å². The molecular weight excluding hydrogens is 315 g/mol. The summed E-state index contributed by atoms with van der Waals surface area (Å²) in [6.45, 7) is 2.45. The third kappa shape index (κ3) is 3.13. The number of carbonyl (C=O) groups excluding carboxylic acids is 1. The van der Waals surface area contributed by atoms with Gasteiger partial charge in [0.1, 0.15) is 5.82 Å². The van der Waals surface area contributed by atoms with E-state index in [0.29, 0.717) is 17.5 Å². The molecule has 0 spiro atoms. The van der Waals surface area contributed by atoms with Gasteiger partial charge in [0, 0.05) is 17.1 Å². The number of carbonyl (C=O) groups is 1. The van der Waals surface area contributed by atoms with E-state index < -0.39 is 11.7 Å². The summed E-state index contributed by atoms with van der Waals surface area (Å²) in [5, 5.41) is 2.74. The number of ether oxygens (including phenoxy) is 1. The number of halogens is 2. The van der Waals surface area contributed by atoms with Crippen molar-refractivity contribution in [2.75, 3.05) is 6.61 Å². The Bertz CT molecular complexity index is 482. The zero-order valence-corrected chi connectivity index (χ0v) is 12.1. The molecule has 1 fully saturated rings. The van der Waals surface area contributed by atoms with Crippen LogP contribution >= 0.6 is 15.9 Å². The monoisotopic (exact) mass is 330 g/mol. The zero-order chi connectivity index (χ0) is 14.0. The van der Waals surface area contributed by atoms with Crippen LogP contribution < -0.4 is 11.1 Å². The van der Waals surface area contributed by atoms with E-state index in [1.54, 1.807) is 6.07 Å². The minimum absolute atomic E-state index is 0.00345. The molecule has 1 aliphatic rings. The Balaban J connectivity index is 2.06. The lowest BCUT2D eigenvalue weighted by molar-refractivity contribution is -0.0300. The highest BCUT2D eigenvalue weighted by molar-refractivity contribution is 9.10. The molecule has 19 heavy (non-hydrogen) atoms. The van der Waals surface area contributed by atoms with Gasteiger partial charge in [0.05, 0.1) is 17.7 Å². The minimum atomic E-state index is -0.554. The summed E-state index contributed by atoms with van der Waals surface area (Å²) in [6.07, 6.45) is 0.624. The Morgan fingerprint density at radius 2 is 2.37 bits per heavy atom. The van der Waals surface area contributed by atoms with Gasteiger partial charge in [-0.3, -0.25) is 4.79 Å². The van der Waals surface area contributed by atoms with Crippen molar-refractivity contribution in [3.05, 3.63) is 34.1 Å². The van der Waals surface area contributed by atoms with Crippen LogP contribution in [0, 0.1) is 5.82 Å². The molecule has 6 heteroatoms. The predicted octanol–water partition coefficient (Wildman–Crippen LogP) is 1.82. The van der Waals surface area contributed by atoms with Crippen LogP contribution in [0.25, 0.3) is 0 Å². The average molecular weight is 331 g/mol. The van der Waals surface area contributed by atoms with Gasteiger partial charge in [-0.15, -0.1) is 0 Å². The first-order valence-electron chi connectivity index (χ1n) is 6.16. The van der Waals surface area contributed by atoms with E-state index in [9.17, 15) is 9.18 Å². The summed E-state index contributed by atoms with van der Waals surface area (Å²) < 4.78 is 19.7. The Labute approximate surface area is 119 Å². The summed E-state index contributed by atoms with van der Waals surface area (Å²) in [6, 6.07) is 3.84. The van der Waals surface area contributed by atoms with Crippen molar-refractivity contribution in [1.82, 2.24) is 5.32 Å². The van der Waals surface area contributed by atoms with Gasteiger partial charge in [0.15, 0.2) is 0 Å². The lowest BCUT2D eigenvalue weighted by Crippen LogP contribution is -2.64. The number of nitrogens with one attached hydrogen (secondary N) is 1. The van der Waals surface area contributed by atoms with Crippen LogP contribution in [0.4, 0.5) is 4.39 Å². The molecule has 1 aromatic carbocycles. The standard InChI is InChI=1S/C13H16BrFN2O2/c1-2-19-11-6-10(16)12(11)17-13(18)8-5-7(14)3-4-9(8)15/h3-5,10-12H,2,6,16H2,1H3,(H,17,18). The Kier molecular flexibility index (Phi) is 4.54. The fourth-order valence-electron chi connectivity index (χ4n) is 2.13. The lowest BCUT2D eigenvalue weighted by atomic mass is 9.83. The van der Waals surface area contributed by atoms with E-state index >= 15 is 0 Å². The SMILES string of the molecule is CCOC1CC(N)C1NC(=O)c1cc(Br)ccc1F. The fourth-order valence-corrected chi connectivity index (χ4v) is 2.49. The molecule has 104 valence electrons. The topological polar surface area (TPSA) is 64.3 Å². The molecule has 3 atom stereocenters. The Morgan fingerprint density at radius 3 is 3.00 bits per heavy atom. The summed E-state index contributed by atoms with van der Waals surface area (Å²) >= 11 is 3.21. The first-order chi connectivity index (χ1) is 9.02. The Hall–Kier alpha value is -0.980. The van der Waals surface area contributed by atoms with E-state index in [1.807, 2.05) is 6.92 Å². The van der Waals surface area contributed by atoms with Gasteiger partial charge in [-0.05, 0) is 31.5 Å². The molecule has 1 aliphatic carbocycles. The zero-order valence-electron chi connectivity index (χ0n) is 10.5. The van der Waals surface area contributed by atoms with Crippen LogP contribution in [0.5, 0.6) is 0 Å². The molecule has 3 unspecified atom stereocenters. The van der Waals surface area contributed by atoms with E-state index in [-0.39, 0.29) is 23.8 Å². The molecule has 0 aromatic heterocycles. The third-order valence-corrected chi connectivity index (χ3v) is 3.71. The summed E-state index contributed by atoms with van der Waals surface area (Å²) in [4.78, 5) is 12.0. The number of nitrogens with two attached hydrogens (primary N) is 1. The molecule has 1 aromatic rings. The normalized spacial score (nSPS) is 25.8. The van der Waals surface area contributed by atoms with Crippen LogP contribution in [0.15, 0.2) is 22.7 Å². The smallest absolute Gasteiger partial charge is 0.254 e. The molecule has 4 nitrogen and oxygen atoms in total. The molecular formula is C13H16BrFN2O2. The van der Waals surface area contributed by atoms with Crippen LogP contribution in [0.1, 0.15) is 23.7 Å². The van der Waals surface area contributed by atoms with Gasteiger partial charge in [0.25, 0.3) is 5.91 Å². The summed E-state index contributed by atoms with van der Waals surface area (Å²) in [5.74, 6) is -1.02. The molecule has 2 rings (SSSR count). The number of amides is 1. The first kappa shape index (κ1) is 14.4. The second-order valence-electron chi connectivity index (χ2n) is 4.52. The van der Waals surface area contributed by atoms with Crippen molar-refractivity contribution >= 4 is 21.8 Å². The second kappa shape index (κ2) is 5.98. The predicted molar refractivity (Wildman–Crippen MR) is 73.4 cm³/mol. The van der Waals surface area contributed by atoms with Crippen LogP contribution in [-0.4, -0.2) is 30.7 Å². The molecule has 0 saturated heterocycles. The highest BCUT2D eigenvalue weighted by atomic mass is 79.9. The van der Waals surface area contributed by atoms with E-state index in [4.69, 9.17) is 10.5 Å². The van der Waals surface area contributed by atoms with Gasteiger partial charge in [-0.1, -0.05) is 15.9 Å². The maximum absolute atomic E-state index is 13.6. The van der Waals surface area contributed by atoms with Gasteiger partial charge >= 0.3 is 0 Å². The second-order valence-corrected chi connectivity index (χ2v) is 5.43. The molecule has 1 amide bonds. The van der Waals surface area contributed by atoms with Crippen LogP contribution in [0.3, 0.4) is 0 Å². The van der Waals surface area contributed by atoms with Crippen LogP contribution in [-0.2, 0) is 4.74 Å². The molecule has 0 heterocycles. The van der Waals surface area contributed by atoms with E-state index in [0.717, 1.165) is 0 Å². The first-order valence-corrected chi connectivity index (χ1v) is 6.95. The van der Waals surface area contributed by atoms with Crippen molar-refractivity contribution in [3.8, 4) is 0 Å². The lowest BCUT2D eigenvalue weighted by Gasteiger charge is -2.42. The maximum Gasteiger partial charge on any atom is 0.254 e. The third-order valence-electron chi connectivity index (χ3n) is 3.22. The van der Waals surface area contributed by atoms with Crippen molar-refractivity contribution in [2.45, 2.75) is 31.5 Å². The molecule has 3 N–H and O–H groups in total. The van der Waals surface area contributed by atoms with E-state index in [2.05, 4.69) is 21.2 Å². The highest BCUT2D eigenvalue weighted by Crippen LogP contribution is 2.23. The molecule has 0 radical (unpaired) electrons. The minimum Gasteiger partial charge on any atom is -0.376 e. The van der Waals surface area contributed by atoms with Gasteiger partial charge in [-0.25, -0.2) is 4.39 Å². The number of benzene rings is 1. The van der Waals surface area contributed by atoms with Crippen molar-refractivity contribution in [2.24, 2.45) is 5.73 Å². The van der Waals surface area contributed by atoms with Gasteiger partial charge < -0.3 is 15.8 Å². The largest absolute Gasteiger partial charge is 0.376 e. The number of hydrogen-bond donors (Lipinski definition) is 2. The number of rotatable bonds is 4. The van der Waals surface area contributed by atoms with E-state index in [1.165, 1.54) is 12.1 Å². The maximum atomic E-state index is 13.6.